The molecule has 5 nitrogen and oxygen atoms in total. The fourth-order valence-electron chi connectivity index (χ4n) is 1.87. The Hall–Kier alpha value is -2.14. The van der Waals surface area contributed by atoms with Crippen molar-refractivity contribution in [3.05, 3.63) is 36.0 Å². The predicted octanol–water partition coefficient (Wildman–Crippen LogP) is 2.21. The number of amides is 1. The quantitative estimate of drug-likeness (QED) is 0.491. The van der Waals surface area contributed by atoms with E-state index in [0.29, 0.717) is 18.8 Å². The first kappa shape index (κ1) is 13.3. The Labute approximate surface area is 111 Å². The minimum absolute atomic E-state index is 0.230. The van der Waals surface area contributed by atoms with Gasteiger partial charge in [0.25, 0.3) is 0 Å². The zero-order valence-corrected chi connectivity index (χ0v) is 10.7. The molecule has 0 bridgehead atoms. The van der Waals surface area contributed by atoms with Gasteiger partial charge in [0.05, 0.1) is 6.61 Å². The van der Waals surface area contributed by atoms with Crippen molar-refractivity contribution in [2.24, 2.45) is 0 Å². The lowest BCUT2D eigenvalue weighted by Gasteiger charge is -2.09. The van der Waals surface area contributed by atoms with Gasteiger partial charge >= 0.3 is 0 Å². The van der Waals surface area contributed by atoms with Crippen molar-refractivity contribution in [2.45, 2.75) is 19.8 Å². The lowest BCUT2D eigenvalue weighted by molar-refractivity contribution is -0.129. The summed E-state index contributed by atoms with van der Waals surface area (Å²) in [6.45, 7) is 2.43. The number of rotatable bonds is 5. The van der Waals surface area contributed by atoms with Crippen molar-refractivity contribution in [2.75, 3.05) is 6.61 Å². The van der Waals surface area contributed by atoms with Gasteiger partial charge in [-0.3, -0.25) is 15.0 Å². The molecule has 0 fully saturated rings. The highest BCUT2D eigenvalue weighted by Crippen LogP contribution is 2.25. The summed E-state index contributed by atoms with van der Waals surface area (Å²) in [6.07, 6.45) is 2.52. The van der Waals surface area contributed by atoms with Crippen LogP contribution in [0.3, 0.4) is 0 Å². The van der Waals surface area contributed by atoms with E-state index < -0.39 is 5.91 Å². The van der Waals surface area contributed by atoms with Gasteiger partial charge in [-0.15, -0.1) is 0 Å². The first-order valence-electron chi connectivity index (χ1n) is 6.12. The van der Waals surface area contributed by atoms with Gasteiger partial charge < -0.3 is 4.74 Å². The fraction of sp³-hybridized carbons (Fsp3) is 0.286. The lowest BCUT2D eigenvalue weighted by atomic mass is 10.1. The minimum Gasteiger partial charge on any atom is -0.491 e. The molecule has 1 heterocycles. The van der Waals surface area contributed by atoms with Crippen LogP contribution in [0.1, 0.15) is 18.4 Å². The van der Waals surface area contributed by atoms with Crippen molar-refractivity contribution in [1.29, 1.82) is 0 Å². The van der Waals surface area contributed by atoms with Crippen LogP contribution in [0.4, 0.5) is 0 Å². The van der Waals surface area contributed by atoms with Gasteiger partial charge in [-0.25, -0.2) is 5.48 Å². The molecule has 1 amide bonds. The third-order valence-corrected chi connectivity index (χ3v) is 2.88. The van der Waals surface area contributed by atoms with E-state index in [1.807, 2.05) is 31.2 Å². The minimum atomic E-state index is -0.407. The van der Waals surface area contributed by atoms with Crippen LogP contribution in [0, 0.1) is 6.92 Å². The second kappa shape index (κ2) is 6.15. The standard InChI is InChI=1S/C14H16N2O3/c1-10-7-8-15-14-11(10)4-2-5-12(14)19-9-3-6-13(17)16-18/h2,4-5,7-8,18H,3,6,9H2,1H3,(H,16,17). The Kier molecular flexibility index (Phi) is 4.30. The van der Waals surface area contributed by atoms with Gasteiger partial charge in [0.1, 0.15) is 11.3 Å². The Morgan fingerprint density at radius 3 is 3.05 bits per heavy atom. The van der Waals surface area contributed by atoms with E-state index in [0.717, 1.165) is 16.5 Å². The first-order valence-corrected chi connectivity index (χ1v) is 6.12. The molecule has 0 aliphatic heterocycles. The molecule has 0 spiro atoms. The average molecular weight is 260 g/mol. The molecule has 0 unspecified atom stereocenters. The van der Waals surface area contributed by atoms with Gasteiger partial charge in [0.2, 0.25) is 5.91 Å². The fourth-order valence-corrected chi connectivity index (χ4v) is 1.87. The van der Waals surface area contributed by atoms with Gasteiger partial charge in [0, 0.05) is 18.0 Å². The number of fused-ring (bicyclic) bond motifs is 1. The molecule has 5 heteroatoms. The predicted molar refractivity (Wildman–Crippen MR) is 71.1 cm³/mol. The zero-order chi connectivity index (χ0) is 13.7. The number of para-hydroxylation sites is 1. The highest BCUT2D eigenvalue weighted by atomic mass is 16.5. The first-order chi connectivity index (χ1) is 9.22. The average Bonchev–Trinajstić information content (AvgIpc) is 2.44. The number of aromatic nitrogens is 1. The summed E-state index contributed by atoms with van der Waals surface area (Å²) in [4.78, 5) is 15.2. The van der Waals surface area contributed by atoms with Gasteiger partial charge in [-0.05, 0) is 31.0 Å². The van der Waals surface area contributed by atoms with Crippen LogP contribution < -0.4 is 10.2 Å². The van der Waals surface area contributed by atoms with Gasteiger partial charge in [-0.1, -0.05) is 12.1 Å². The van der Waals surface area contributed by atoms with Crippen molar-refractivity contribution in [3.63, 3.8) is 0 Å². The highest BCUT2D eigenvalue weighted by molar-refractivity contribution is 5.86. The van der Waals surface area contributed by atoms with E-state index in [-0.39, 0.29) is 6.42 Å². The van der Waals surface area contributed by atoms with Crippen molar-refractivity contribution in [3.8, 4) is 5.75 Å². The Bertz CT molecular complexity index is 584. The molecule has 0 aliphatic carbocycles. The monoisotopic (exact) mass is 260 g/mol. The second-order valence-electron chi connectivity index (χ2n) is 4.27. The molecule has 2 N–H and O–H groups in total. The molecular weight excluding hydrogens is 244 g/mol. The van der Waals surface area contributed by atoms with E-state index in [4.69, 9.17) is 9.94 Å². The number of ether oxygens (including phenoxy) is 1. The summed E-state index contributed by atoms with van der Waals surface area (Å²) >= 11 is 0. The van der Waals surface area contributed by atoms with Gasteiger partial charge in [-0.2, -0.15) is 0 Å². The maximum atomic E-state index is 10.9. The number of aryl methyl sites for hydroxylation is 1. The summed E-state index contributed by atoms with van der Waals surface area (Å²) in [5.74, 6) is 0.307. The number of nitrogens with one attached hydrogen (secondary N) is 1. The van der Waals surface area contributed by atoms with Crippen LogP contribution in [0.2, 0.25) is 0 Å². The van der Waals surface area contributed by atoms with Crippen LogP contribution in [-0.2, 0) is 4.79 Å². The molecular formula is C14H16N2O3. The lowest BCUT2D eigenvalue weighted by Crippen LogP contribution is -2.18. The van der Waals surface area contributed by atoms with Crippen molar-refractivity contribution in [1.82, 2.24) is 10.5 Å². The van der Waals surface area contributed by atoms with E-state index in [1.54, 1.807) is 11.7 Å². The van der Waals surface area contributed by atoms with Gasteiger partial charge in [0.15, 0.2) is 0 Å². The Morgan fingerprint density at radius 1 is 1.42 bits per heavy atom. The number of benzene rings is 1. The normalized spacial score (nSPS) is 10.4. The summed E-state index contributed by atoms with van der Waals surface area (Å²) < 4.78 is 5.65. The maximum absolute atomic E-state index is 10.9. The third kappa shape index (κ3) is 3.20. The highest BCUT2D eigenvalue weighted by Gasteiger charge is 2.05. The molecule has 19 heavy (non-hydrogen) atoms. The molecule has 1 aromatic carbocycles. The van der Waals surface area contributed by atoms with Crippen LogP contribution >= 0.6 is 0 Å². The summed E-state index contributed by atoms with van der Waals surface area (Å²) in [5, 5.41) is 9.44. The molecule has 2 rings (SSSR count). The SMILES string of the molecule is Cc1ccnc2c(OCCCC(=O)NO)cccc12. The van der Waals surface area contributed by atoms with Crippen molar-refractivity contribution < 1.29 is 14.7 Å². The van der Waals surface area contributed by atoms with E-state index in [9.17, 15) is 4.79 Å². The van der Waals surface area contributed by atoms with Crippen molar-refractivity contribution >= 4 is 16.8 Å². The van der Waals surface area contributed by atoms with Crippen LogP contribution in [-0.4, -0.2) is 22.7 Å². The number of carbonyl (C=O) groups is 1. The number of pyridine rings is 1. The van der Waals surface area contributed by atoms with E-state index in [2.05, 4.69) is 4.98 Å². The number of carbonyl (C=O) groups excluding carboxylic acids is 1. The zero-order valence-electron chi connectivity index (χ0n) is 10.7. The van der Waals surface area contributed by atoms with Crippen LogP contribution in [0.15, 0.2) is 30.5 Å². The number of hydroxylamine groups is 1. The molecule has 100 valence electrons. The number of nitrogens with zero attached hydrogens (tertiary/aromatic N) is 1. The smallest absolute Gasteiger partial charge is 0.243 e. The largest absolute Gasteiger partial charge is 0.491 e. The summed E-state index contributed by atoms with van der Waals surface area (Å²) in [6, 6.07) is 7.75. The van der Waals surface area contributed by atoms with E-state index in [1.165, 1.54) is 0 Å². The second-order valence-corrected chi connectivity index (χ2v) is 4.27. The molecule has 0 atom stereocenters. The molecule has 0 aliphatic rings. The molecule has 1 aromatic heterocycles. The molecule has 0 saturated heterocycles. The maximum Gasteiger partial charge on any atom is 0.243 e. The molecule has 0 radical (unpaired) electrons. The van der Waals surface area contributed by atoms with Crippen LogP contribution in [0.25, 0.3) is 10.9 Å². The van der Waals surface area contributed by atoms with E-state index >= 15 is 0 Å². The number of hydrogen-bond acceptors (Lipinski definition) is 4. The molecule has 0 saturated carbocycles. The summed E-state index contributed by atoms with van der Waals surface area (Å²) in [7, 11) is 0. The van der Waals surface area contributed by atoms with Crippen LogP contribution in [0.5, 0.6) is 5.75 Å². The number of hydrogen-bond donors (Lipinski definition) is 2. The summed E-state index contributed by atoms with van der Waals surface area (Å²) in [5.41, 5.74) is 3.57. The molecule has 2 aromatic rings. The Morgan fingerprint density at radius 2 is 2.26 bits per heavy atom. The Balaban J connectivity index is 2.05. The topological polar surface area (TPSA) is 71.5 Å². The third-order valence-electron chi connectivity index (χ3n) is 2.88.